The molecule has 0 aliphatic carbocycles. The van der Waals surface area contributed by atoms with Crippen LogP contribution in [0.1, 0.15) is 23.7 Å². The van der Waals surface area contributed by atoms with E-state index in [0.717, 1.165) is 22.5 Å². The molecule has 1 aliphatic heterocycles. The van der Waals surface area contributed by atoms with E-state index < -0.39 is 0 Å². The smallest absolute Gasteiger partial charge is 0.310 e. The Morgan fingerprint density at radius 2 is 1.96 bits per heavy atom. The van der Waals surface area contributed by atoms with Crippen molar-refractivity contribution in [3.05, 3.63) is 64.3 Å². The fourth-order valence-corrected chi connectivity index (χ4v) is 2.98. The van der Waals surface area contributed by atoms with Gasteiger partial charge in [0.15, 0.2) is 0 Å². The highest BCUT2D eigenvalue weighted by molar-refractivity contribution is 6.34. The number of nitriles is 1. The quantitative estimate of drug-likeness (QED) is 0.678. The molecule has 2 aromatic carbocycles. The van der Waals surface area contributed by atoms with Crippen LogP contribution in [0.2, 0.25) is 5.02 Å². The number of halogens is 1. The minimum Gasteiger partial charge on any atom is -0.479 e. The van der Waals surface area contributed by atoms with Crippen molar-refractivity contribution in [3.8, 4) is 23.5 Å². The second kappa shape index (κ2) is 6.17. The molecule has 4 rings (SSSR count). The van der Waals surface area contributed by atoms with Gasteiger partial charge in [-0.25, -0.2) is 4.98 Å². The van der Waals surface area contributed by atoms with Gasteiger partial charge in [0.1, 0.15) is 5.69 Å². The number of oxazole rings is 1. The van der Waals surface area contributed by atoms with Gasteiger partial charge in [0.25, 0.3) is 0 Å². The van der Waals surface area contributed by atoms with Crippen LogP contribution in [-0.4, -0.2) is 15.8 Å². The fourth-order valence-electron chi connectivity index (χ4n) is 2.80. The van der Waals surface area contributed by atoms with Gasteiger partial charge in [-0.2, -0.15) is 5.26 Å². The van der Waals surface area contributed by atoms with Crippen LogP contribution in [0, 0.1) is 11.3 Å². The van der Waals surface area contributed by atoms with Crippen LogP contribution in [0.4, 0.5) is 5.69 Å². The zero-order valence-electron chi connectivity index (χ0n) is 13.7. The van der Waals surface area contributed by atoms with E-state index in [9.17, 15) is 5.11 Å². The van der Waals surface area contributed by atoms with Crippen molar-refractivity contribution in [3.63, 3.8) is 0 Å². The molecule has 26 heavy (non-hydrogen) atoms. The van der Waals surface area contributed by atoms with Gasteiger partial charge in [0.2, 0.25) is 5.89 Å². The first kappa shape index (κ1) is 16.1. The third kappa shape index (κ3) is 2.77. The number of benzene rings is 2. The molecule has 0 atom stereocenters. The number of aromatic nitrogens is 1. The van der Waals surface area contributed by atoms with E-state index >= 15 is 0 Å². The highest BCUT2D eigenvalue weighted by atomic mass is 35.5. The number of aliphatic imine (C=N–C) groups is 1. The van der Waals surface area contributed by atoms with Crippen LogP contribution in [0.5, 0.6) is 5.95 Å². The summed E-state index contributed by atoms with van der Waals surface area (Å²) in [5, 5.41) is 19.6. The van der Waals surface area contributed by atoms with E-state index in [-0.39, 0.29) is 11.8 Å². The maximum absolute atomic E-state index is 10.2. The number of nitrogens with zero attached hydrogens (tertiary/aromatic N) is 3. The summed E-state index contributed by atoms with van der Waals surface area (Å²) in [6.07, 6.45) is 1.73. The highest BCUT2D eigenvalue weighted by Gasteiger charge is 2.20. The highest BCUT2D eigenvalue weighted by Crippen LogP contribution is 2.38. The molecule has 0 spiro atoms. The lowest BCUT2D eigenvalue weighted by Gasteiger charge is -2.01. The maximum Gasteiger partial charge on any atom is 0.310 e. The molecule has 5 nitrogen and oxygen atoms in total. The molecule has 2 heterocycles. The second-order valence-electron chi connectivity index (χ2n) is 5.82. The summed E-state index contributed by atoms with van der Waals surface area (Å²) in [5.41, 5.74) is 4.87. The standard InChI is InChI=1S/C20H12ClN3O2/c1-11-15(16-8-14(21)6-7-17(16)23-11)9-18-20(25)26-19(24-18)13-4-2-12(10-22)3-5-13/h2-9,25H,1H3. The number of fused-ring (bicyclic) bond motifs is 1. The summed E-state index contributed by atoms with van der Waals surface area (Å²) in [5.74, 6) is -0.00196. The van der Waals surface area contributed by atoms with Gasteiger partial charge in [-0.1, -0.05) is 11.6 Å². The Morgan fingerprint density at radius 3 is 2.69 bits per heavy atom. The van der Waals surface area contributed by atoms with Crippen molar-refractivity contribution in [2.45, 2.75) is 6.92 Å². The monoisotopic (exact) mass is 361 g/mol. The van der Waals surface area contributed by atoms with Crippen molar-refractivity contribution < 1.29 is 9.52 Å². The van der Waals surface area contributed by atoms with Crippen LogP contribution in [-0.2, 0) is 0 Å². The second-order valence-corrected chi connectivity index (χ2v) is 6.25. The largest absolute Gasteiger partial charge is 0.479 e. The number of rotatable bonds is 2. The molecule has 0 amide bonds. The molecule has 0 radical (unpaired) electrons. The molecule has 3 aromatic rings. The number of hydrogen-bond donors (Lipinski definition) is 1. The van der Waals surface area contributed by atoms with Crippen molar-refractivity contribution in [1.29, 1.82) is 5.26 Å². The van der Waals surface area contributed by atoms with Gasteiger partial charge in [-0.05, 0) is 55.5 Å². The molecule has 126 valence electrons. The Balaban J connectivity index is 1.75. The predicted molar refractivity (Wildman–Crippen MR) is 100 cm³/mol. The summed E-state index contributed by atoms with van der Waals surface area (Å²) >= 11 is 6.09. The summed E-state index contributed by atoms with van der Waals surface area (Å²) in [7, 11) is 0. The van der Waals surface area contributed by atoms with Gasteiger partial charge in [0, 0.05) is 27.4 Å². The average Bonchev–Trinajstić information content (AvgIpc) is 3.16. The van der Waals surface area contributed by atoms with E-state index in [1.54, 1.807) is 36.4 Å². The molecule has 0 saturated carbocycles. The van der Waals surface area contributed by atoms with Gasteiger partial charge >= 0.3 is 5.95 Å². The van der Waals surface area contributed by atoms with Crippen molar-refractivity contribution >= 4 is 34.6 Å². The van der Waals surface area contributed by atoms with Crippen LogP contribution in [0.15, 0.2) is 51.9 Å². The topological polar surface area (TPSA) is 82.4 Å². The van der Waals surface area contributed by atoms with E-state index in [0.29, 0.717) is 21.8 Å². The Hall–Kier alpha value is -3.36. The summed E-state index contributed by atoms with van der Waals surface area (Å²) in [6.45, 7) is 1.89. The molecule has 0 bridgehead atoms. The molecule has 0 saturated heterocycles. The first-order valence-corrected chi connectivity index (χ1v) is 8.20. The Kier molecular flexibility index (Phi) is 3.83. The van der Waals surface area contributed by atoms with Crippen molar-refractivity contribution in [1.82, 2.24) is 4.98 Å². The summed E-state index contributed by atoms with van der Waals surface area (Å²) < 4.78 is 5.38. The maximum atomic E-state index is 10.2. The van der Waals surface area contributed by atoms with Gasteiger partial charge < -0.3 is 9.52 Å². The third-order valence-electron chi connectivity index (χ3n) is 4.10. The molecular weight excluding hydrogens is 350 g/mol. The van der Waals surface area contributed by atoms with E-state index in [2.05, 4.69) is 16.0 Å². The molecule has 1 aliphatic rings. The normalized spacial score (nSPS) is 14.2. The van der Waals surface area contributed by atoms with Crippen molar-refractivity contribution in [2.24, 2.45) is 4.99 Å². The number of hydrogen-bond acceptors (Lipinski definition) is 5. The van der Waals surface area contributed by atoms with Gasteiger partial charge in [-0.3, -0.25) is 4.99 Å². The lowest BCUT2D eigenvalue weighted by molar-refractivity contribution is 0.336. The van der Waals surface area contributed by atoms with E-state index in [1.165, 1.54) is 0 Å². The molecule has 1 aromatic heterocycles. The molecule has 0 unspecified atom stereocenters. The molecule has 1 N–H and O–H groups in total. The summed E-state index contributed by atoms with van der Waals surface area (Å²) in [6, 6.07) is 14.3. The number of aromatic hydroxyl groups is 1. The van der Waals surface area contributed by atoms with Crippen LogP contribution in [0.3, 0.4) is 0 Å². The Morgan fingerprint density at radius 1 is 1.19 bits per heavy atom. The predicted octanol–water partition coefficient (Wildman–Crippen LogP) is 5.22. The molecular formula is C20H12ClN3O2. The minimum atomic E-state index is -0.278. The first-order valence-electron chi connectivity index (χ1n) is 7.83. The van der Waals surface area contributed by atoms with Crippen LogP contribution < -0.4 is 0 Å². The zero-order chi connectivity index (χ0) is 18.3. The molecule has 6 heteroatoms. The SMILES string of the molecule is CC1=Nc2ccc(Cl)cc2C1=Cc1nc(-c2ccc(C#N)cc2)oc1O. The van der Waals surface area contributed by atoms with Crippen molar-refractivity contribution in [2.75, 3.05) is 0 Å². The average molecular weight is 362 g/mol. The van der Waals surface area contributed by atoms with Crippen LogP contribution in [0.25, 0.3) is 23.1 Å². The molecule has 0 fully saturated rings. The van der Waals surface area contributed by atoms with Gasteiger partial charge in [0.05, 0.1) is 17.3 Å². The van der Waals surface area contributed by atoms with E-state index in [4.69, 9.17) is 21.3 Å². The Labute approximate surface area is 154 Å². The minimum absolute atomic E-state index is 0.276. The first-order chi connectivity index (χ1) is 12.5. The number of allylic oxidation sites excluding steroid dienone is 1. The van der Waals surface area contributed by atoms with Gasteiger partial charge in [-0.15, -0.1) is 0 Å². The van der Waals surface area contributed by atoms with Crippen LogP contribution >= 0.6 is 11.6 Å². The zero-order valence-corrected chi connectivity index (χ0v) is 14.4. The Bertz CT molecular complexity index is 1120. The third-order valence-corrected chi connectivity index (χ3v) is 4.34. The van der Waals surface area contributed by atoms with E-state index in [1.807, 2.05) is 19.1 Å². The lowest BCUT2D eigenvalue weighted by Crippen LogP contribution is -1.90. The summed E-state index contributed by atoms with van der Waals surface area (Å²) in [4.78, 5) is 8.87. The lowest BCUT2D eigenvalue weighted by atomic mass is 10.0. The fraction of sp³-hybridized carbons (Fsp3) is 0.0500.